The standard InChI is InChI=1S/C23H18FN5O2/c1-30-14-10-16-21(20(11-14)31-2)25-12-26-22(16)27-13-7-8-17(24)15(9-13)23-28-18-5-3-4-6-19(18)29-23/h3-12H,1-2H3,(H,28,29)(H,25,26,27). The summed E-state index contributed by atoms with van der Waals surface area (Å²) >= 11 is 0. The van der Waals surface area contributed by atoms with Crippen molar-refractivity contribution >= 4 is 33.4 Å². The molecule has 0 saturated carbocycles. The molecule has 7 nitrogen and oxygen atoms in total. The summed E-state index contributed by atoms with van der Waals surface area (Å²) in [4.78, 5) is 16.4. The lowest BCUT2D eigenvalue weighted by Gasteiger charge is -2.12. The van der Waals surface area contributed by atoms with E-state index in [1.165, 1.54) is 12.4 Å². The van der Waals surface area contributed by atoms with Gasteiger partial charge >= 0.3 is 0 Å². The summed E-state index contributed by atoms with van der Waals surface area (Å²) in [6.45, 7) is 0. The topological polar surface area (TPSA) is 84.9 Å². The molecule has 0 bridgehead atoms. The molecule has 0 fully saturated rings. The van der Waals surface area contributed by atoms with Crippen LogP contribution in [0.15, 0.2) is 60.9 Å². The number of benzene rings is 3. The minimum atomic E-state index is -0.375. The SMILES string of the molecule is COc1cc(OC)c2ncnc(Nc3ccc(F)c(-c4nc5ccccc5[nH]4)c3)c2c1. The van der Waals surface area contributed by atoms with Gasteiger partial charge < -0.3 is 19.8 Å². The van der Waals surface area contributed by atoms with Crippen LogP contribution in [-0.2, 0) is 0 Å². The normalized spacial score (nSPS) is 11.1. The average molecular weight is 415 g/mol. The highest BCUT2D eigenvalue weighted by Crippen LogP contribution is 2.34. The molecular formula is C23H18FN5O2. The maximum absolute atomic E-state index is 14.6. The summed E-state index contributed by atoms with van der Waals surface area (Å²) in [6.07, 6.45) is 1.45. The van der Waals surface area contributed by atoms with Crippen molar-refractivity contribution < 1.29 is 13.9 Å². The molecule has 0 atom stereocenters. The van der Waals surface area contributed by atoms with Gasteiger partial charge in [0.15, 0.2) is 0 Å². The number of para-hydroxylation sites is 2. The largest absolute Gasteiger partial charge is 0.497 e. The van der Waals surface area contributed by atoms with E-state index in [1.807, 2.05) is 30.3 Å². The van der Waals surface area contributed by atoms with E-state index in [1.54, 1.807) is 32.4 Å². The molecular weight excluding hydrogens is 397 g/mol. The third kappa shape index (κ3) is 3.38. The number of imidazole rings is 1. The zero-order valence-electron chi connectivity index (χ0n) is 16.8. The van der Waals surface area contributed by atoms with Gasteiger partial charge in [-0.05, 0) is 36.4 Å². The number of hydrogen-bond acceptors (Lipinski definition) is 6. The van der Waals surface area contributed by atoms with E-state index >= 15 is 0 Å². The monoisotopic (exact) mass is 415 g/mol. The third-order valence-electron chi connectivity index (χ3n) is 5.01. The highest BCUT2D eigenvalue weighted by Gasteiger charge is 2.14. The molecule has 0 amide bonds. The molecule has 31 heavy (non-hydrogen) atoms. The van der Waals surface area contributed by atoms with Gasteiger partial charge in [0.25, 0.3) is 0 Å². The number of nitrogens with zero attached hydrogens (tertiary/aromatic N) is 3. The predicted octanol–water partition coefficient (Wildman–Crippen LogP) is 5.07. The second-order valence-electron chi connectivity index (χ2n) is 6.87. The van der Waals surface area contributed by atoms with E-state index in [0.717, 1.165) is 11.0 Å². The van der Waals surface area contributed by atoms with Gasteiger partial charge in [-0.1, -0.05) is 12.1 Å². The molecule has 5 aromatic rings. The van der Waals surface area contributed by atoms with Crippen molar-refractivity contribution in [1.29, 1.82) is 0 Å². The second-order valence-corrected chi connectivity index (χ2v) is 6.87. The number of fused-ring (bicyclic) bond motifs is 2. The fraction of sp³-hybridized carbons (Fsp3) is 0.0870. The van der Waals surface area contributed by atoms with Crippen LogP contribution in [0.4, 0.5) is 15.9 Å². The molecule has 0 saturated heterocycles. The van der Waals surface area contributed by atoms with Crippen LogP contribution in [-0.4, -0.2) is 34.2 Å². The number of anilines is 2. The Morgan fingerprint density at radius 3 is 2.65 bits per heavy atom. The summed E-state index contributed by atoms with van der Waals surface area (Å²) in [5.41, 5.74) is 3.27. The number of halogens is 1. The van der Waals surface area contributed by atoms with Crippen LogP contribution >= 0.6 is 0 Å². The Kier molecular flexibility index (Phi) is 4.59. The quantitative estimate of drug-likeness (QED) is 0.417. The van der Waals surface area contributed by atoms with Gasteiger partial charge in [0.1, 0.15) is 40.8 Å². The number of methoxy groups -OCH3 is 2. The molecule has 0 unspecified atom stereocenters. The second kappa shape index (κ2) is 7.56. The number of aromatic nitrogens is 4. The van der Waals surface area contributed by atoms with Gasteiger partial charge in [-0.3, -0.25) is 0 Å². The Bertz CT molecular complexity index is 1380. The molecule has 0 aliphatic heterocycles. The van der Waals surface area contributed by atoms with Crippen LogP contribution in [0.3, 0.4) is 0 Å². The minimum Gasteiger partial charge on any atom is -0.497 e. The molecule has 2 aromatic heterocycles. The number of rotatable bonds is 5. The Hall–Kier alpha value is -4.20. The number of hydrogen-bond donors (Lipinski definition) is 2. The van der Waals surface area contributed by atoms with Gasteiger partial charge in [0.05, 0.1) is 36.2 Å². The number of aromatic amines is 1. The molecule has 0 radical (unpaired) electrons. The minimum absolute atomic E-state index is 0.356. The lowest BCUT2D eigenvalue weighted by molar-refractivity contribution is 0.397. The van der Waals surface area contributed by atoms with Crippen LogP contribution < -0.4 is 14.8 Å². The predicted molar refractivity (Wildman–Crippen MR) is 117 cm³/mol. The summed E-state index contributed by atoms with van der Waals surface area (Å²) in [7, 11) is 3.15. The van der Waals surface area contributed by atoms with Crippen LogP contribution in [0.5, 0.6) is 11.5 Å². The molecule has 2 heterocycles. The van der Waals surface area contributed by atoms with E-state index in [0.29, 0.717) is 45.3 Å². The van der Waals surface area contributed by atoms with Gasteiger partial charge in [-0.2, -0.15) is 0 Å². The van der Waals surface area contributed by atoms with Crippen molar-refractivity contribution in [3.63, 3.8) is 0 Å². The van der Waals surface area contributed by atoms with Gasteiger partial charge in [0, 0.05) is 11.8 Å². The van der Waals surface area contributed by atoms with Crippen molar-refractivity contribution in [1.82, 2.24) is 19.9 Å². The van der Waals surface area contributed by atoms with E-state index in [2.05, 4.69) is 25.3 Å². The summed E-state index contributed by atoms with van der Waals surface area (Å²) in [5.74, 6) is 1.81. The first-order chi connectivity index (χ1) is 15.2. The molecule has 8 heteroatoms. The average Bonchev–Trinajstić information content (AvgIpc) is 3.24. The Morgan fingerprint density at radius 2 is 1.84 bits per heavy atom. The van der Waals surface area contributed by atoms with Gasteiger partial charge in [0.2, 0.25) is 0 Å². The van der Waals surface area contributed by atoms with Crippen LogP contribution in [0.2, 0.25) is 0 Å². The molecule has 2 N–H and O–H groups in total. The Labute approximate surface area is 176 Å². The highest BCUT2D eigenvalue weighted by molar-refractivity contribution is 5.95. The zero-order valence-corrected chi connectivity index (χ0v) is 16.8. The lowest BCUT2D eigenvalue weighted by Crippen LogP contribution is -1.99. The number of ether oxygens (including phenoxy) is 2. The first-order valence-corrected chi connectivity index (χ1v) is 9.54. The van der Waals surface area contributed by atoms with Gasteiger partial charge in [-0.25, -0.2) is 19.3 Å². The third-order valence-corrected chi connectivity index (χ3v) is 5.01. The van der Waals surface area contributed by atoms with Crippen molar-refractivity contribution in [3.8, 4) is 22.9 Å². The molecule has 3 aromatic carbocycles. The van der Waals surface area contributed by atoms with Gasteiger partial charge in [-0.15, -0.1) is 0 Å². The van der Waals surface area contributed by atoms with Crippen LogP contribution in [0, 0.1) is 5.82 Å². The molecule has 0 aliphatic rings. The lowest BCUT2D eigenvalue weighted by atomic mass is 10.1. The van der Waals surface area contributed by atoms with E-state index < -0.39 is 0 Å². The maximum Gasteiger partial charge on any atom is 0.148 e. The summed E-state index contributed by atoms with van der Waals surface area (Å²) < 4.78 is 25.4. The fourth-order valence-corrected chi connectivity index (χ4v) is 3.48. The van der Waals surface area contributed by atoms with E-state index in [-0.39, 0.29) is 5.82 Å². The summed E-state index contributed by atoms with van der Waals surface area (Å²) in [6, 6.07) is 15.9. The smallest absolute Gasteiger partial charge is 0.148 e. The zero-order chi connectivity index (χ0) is 21.4. The van der Waals surface area contributed by atoms with Crippen LogP contribution in [0.25, 0.3) is 33.3 Å². The first kappa shape index (κ1) is 18.8. The van der Waals surface area contributed by atoms with Crippen molar-refractivity contribution in [2.24, 2.45) is 0 Å². The van der Waals surface area contributed by atoms with Crippen molar-refractivity contribution in [2.75, 3.05) is 19.5 Å². The Balaban J connectivity index is 1.58. The van der Waals surface area contributed by atoms with E-state index in [9.17, 15) is 4.39 Å². The highest BCUT2D eigenvalue weighted by atomic mass is 19.1. The molecule has 154 valence electrons. The summed E-state index contributed by atoms with van der Waals surface area (Å²) in [5, 5.41) is 3.97. The number of nitrogens with one attached hydrogen (secondary N) is 2. The maximum atomic E-state index is 14.6. The van der Waals surface area contributed by atoms with Crippen LogP contribution in [0.1, 0.15) is 0 Å². The molecule has 0 aliphatic carbocycles. The first-order valence-electron chi connectivity index (χ1n) is 9.54. The Morgan fingerprint density at radius 1 is 0.968 bits per heavy atom. The molecule has 5 rings (SSSR count). The van der Waals surface area contributed by atoms with E-state index in [4.69, 9.17) is 9.47 Å². The van der Waals surface area contributed by atoms with Crippen molar-refractivity contribution in [3.05, 3.63) is 66.7 Å². The fourth-order valence-electron chi connectivity index (χ4n) is 3.48. The molecule has 0 spiro atoms. The van der Waals surface area contributed by atoms with Crippen molar-refractivity contribution in [2.45, 2.75) is 0 Å². The number of H-pyrrole nitrogens is 1.